The van der Waals surface area contributed by atoms with Gasteiger partial charge in [-0.25, -0.2) is 4.98 Å². The summed E-state index contributed by atoms with van der Waals surface area (Å²) in [5.74, 6) is 1.75. The fraction of sp³-hybridized carbons (Fsp3) is 0. The molecule has 0 bridgehead atoms. The molecule has 0 saturated carbocycles. The third-order valence-electron chi connectivity index (χ3n) is 3.31. The molecule has 0 saturated heterocycles. The standard InChI is InChI=1S/C17H12NOP/c1-2-6-12(7-3-1)13-8-4-5-9-14(13)20-15-10-11-18-17-16(15)19-17/h1-11,20H. The number of rotatable bonds is 3. The first kappa shape index (κ1) is 11.6. The van der Waals surface area contributed by atoms with Gasteiger partial charge in [-0.15, -0.1) is 0 Å². The summed E-state index contributed by atoms with van der Waals surface area (Å²) < 4.78 is 5.38. The summed E-state index contributed by atoms with van der Waals surface area (Å²) in [6.07, 6.45) is 1.82. The average Bonchev–Trinajstić information content (AvgIpc) is 3.29. The van der Waals surface area contributed by atoms with Gasteiger partial charge in [0, 0.05) is 11.5 Å². The first-order chi connectivity index (χ1) is 9.92. The van der Waals surface area contributed by atoms with E-state index in [9.17, 15) is 0 Å². The molecule has 3 heteroatoms. The van der Waals surface area contributed by atoms with Crippen molar-refractivity contribution < 1.29 is 4.74 Å². The molecule has 1 aromatic heterocycles. The van der Waals surface area contributed by atoms with Crippen LogP contribution in [0.1, 0.15) is 0 Å². The maximum atomic E-state index is 5.38. The number of benzene rings is 2. The highest BCUT2D eigenvalue weighted by Gasteiger charge is 2.26. The Kier molecular flexibility index (Phi) is 2.75. The summed E-state index contributed by atoms with van der Waals surface area (Å²) >= 11 is 0. The summed E-state index contributed by atoms with van der Waals surface area (Å²) in [6, 6.07) is 21.1. The fourth-order valence-corrected chi connectivity index (χ4v) is 3.55. The van der Waals surface area contributed by atoms with Crippen LogP contribution in [0.4, 0.5) is 0 Å². The minimum absolute atomic E-state index is 0.587. The van der Waals surface area contributed by atoms with E-state index in [2.05, 4.69) is 53.5 Å². The van der Waals surface area contributed by atoms with Crippen molar-refractivity contribution in [1.82, 2.24) is 4.98 Å². The Hall–Kier alpha value is -2.18. The average molecular weight is 277 g/mol. The van der Waals surface area contributed by atoms with Crippen LogP contribution in [0.5, 0.6) is 11.6 Å². The molecule has 2 heterocycles. The zero-order chi connectivity index (χ0) is 13.4. The lowest BCUT2D eigenvalue weighted by atomic mass is 10.1. The van der Waals surface area contributed by atoms with Crippen molar-refractivity contribution in [3.05, 3.63) is 66.9 Å². The van der Waals surface area contributed by atoms with Gasteiger partial charge in [-0.2, -0.15) is 0 Å². The van der Waals surface area contributed by atoms with Crippen LogP contribution in [0.2, 0.25) is 0 Å². The molecule has 0 radical (unpaired) electrons. The topological polar surface area (TPSA) is 25.4 Å². The van der Waals surface area contributed by atoms with Gasteiger partial charge < -0.3 is 4.74 Å². The van der Waals surface area contributed by atoms with Gasteiger partial charge in [0.05, 0.1) is 0 Å². The molecule has 0 N–H and O–H groups in total. The van der Waals surface area contributed by atoms with Crippen molar-refractivity contribution >= 4 is 19.2 Å². The first-order valence-electron chi connectivity index (χ1n) is 6.50. The van der Waals surface area contributed by atoms with Crippen LogP contribution in [0.15, 0.2) is 66.9 Å². The van der Waals surface area contributed by atoms with Gasteiger partial charge in [-0.1, -0.05) is 63.2 Å². The van der Waals surface area contributed by atoms with E-state index in [4.69, 9.17) is 4.74 Å². The number of fused-ring (bicyclic) bond motifs is 1. The zero-order valence-corrected chi connectivity index (χ0v) is 11.7. The quantitative estimate of drug-likeness (QED) is 0.423. The van der Waals surface area contributed by atoms with E-state index in [1.165, 1.54) is 21.7 Å². The molecule has 1 aliphatic heterocycles. The highest BCUT2D eigenvalue weighted by Crippen LogP contribution is 2.43. The zero-order valence-electron chi connectivity index (χ0n) is 10.7. The Morgan fingerprint density at radius 2 is 1.60 bits per heavy atom. The molecule has 20 heavy (non-hydrogen) atoms. The van der Waals surface area contributed by atoms with Crippen LogP contribution >= 0.6 is 8.58 Å². The van der Waals surface area contributed by atoms with Crippen LogP contribution in [0.3, 0.4) is 0 Å². The minimum Gasteiger partial charge on any atom is -0.429 e. The summed E-state index contributed by atoms with van der Waals surface area (Å²) in [6.45, 7) is 0. The molecule has 0 spiro atoms. The predicted octanol–water partition coefficient (Wildman–Crippen LogP) is 3.48. The smallest absolute Gasteiger partial charge is 0.264 e. The first-order valence-corrected chi connectivity index (χ1v) is 7.50. The molecule has 1 aliphatic rings. The highest BCUT2D eigenvalue weighted by atomic mass is 31.1. The lowest BCUT2D eigenvalue weighted by Gasteiger charge is -2.09. The fourth-order valence-electron chi connectivity index (χ4n) is 2.29. The van der Waals surface area contributed by atoms with Gasteiger partial charge in [0.15, 0.2) is 5.75 Å². The molecule has 0 fully saturated rings. The molecule has 4 rings (SSSR count). The molecule has 2 aromatic carbocycles. The molecule has 0 amide bonds. The van der Waals surface area contributed by atoms with E-state index in [0.717, 1.165) is 11.6 Å². The molecule has 0 aliphatic carbocycles. The Labute approximate surface area is 119 Å². The number of aromatic nitrogens is 1. The van der Waals surface area contributed by atoms with E-state index >= 15 is 0 Å². The Bertz CT molecular complexity index is 771. The minimum atomic E-state index is 0.587. The van der Waals surface area contributed by atoms with Crippen molar-refractivity contribution in [1.29, 1.82) is 0 Å². The number of pyridine rings is 1. The van der Waals surface area contributed by atoms with Gasteiger partial charge in [0.25, 0.3) is 5.88 Å². The van der Waals surface area contributed by atoms with Crippen LogP contribution < -0.4 is 15.3 Å². The largest absolute Gasteiger partial charge is 0.429 e. The van der Waals surface area contributed by atoms with Gasteiger partial charge in [0.2, 0.25) is 0 Å². The SMILES string of the molecule is c1ccc(-c2ccccc2Pc2ccnc3c2O3)cc1. The summed E-state index contributed by atoms with van der Waals surface area (Å²) in [5.41, 5.74) is 2.55. The molecule has 96 valence electrons. The molecule has 3 aromatic rings. The van der Waals surface area contributed by atoms with E-state index in [1.807, 2.05) is 18.3 Å². The second-order valence-electron chi connectivity index (χ2n) is 4.63. The maximum absolute atomic E-state index is 5.38. The van der Waals surface area contributed by atoms with Gasteiger partial charge in [0.1, 0.15) is 0 Å². The molecule has 2 nitrogen and oxygen atoms in total. The third-order valence-corrected chi connectivity index (χ3v) is 4.68. The van der Waals surface area contributed by atoms with Crippen LogP contribution in [0.25, 0.3) is 11.1 Å². The van der Waals surface area contributed by atoms with E-state index < -0.39 is 0 Å². The van der Waals surface area contributed by atoms with Crippen molar-refractivity contribution in [2.45, 2.75) is 0 Å². The molecule has 1 unspecified atom stereocenters. The molecular weight excluding hydrogens is 265 g/mol. The van der Waals surface area contributed by atoms with E-state index in [0.29, 0.717) is 8.58 Å². The second kappa shape index (κ2) is 4.73. The summed E-state index contributed by atoms with van der Waals surface area (Å²) in [4.78, 5) is 4.14. The molecule has 1 atom stereocenters. The van der Waals surface area contributed by atoms with Crippen LogP contribution in [0, 0.1) is 0 Å². The number of ether oxygens (including phenoxy) is 1. The van der Waals surface area contributed by atoms with Gasteiger partial charge in [-0.3, -0.25) is 0 Å². The normalized spacial score (nSPS) is 12.2. The number of hydrogen-bond donors (Lipinski definition) is 0. The predicted molar refractivity (Wildman–Crippen MR) is 83.8 cm³/mol. The lowest BCUT2D eigenvalue weighted by molar-refractivity contribution is 0.637. The van der Waals surface area contributed by atoms with E-state index in [-0.39, 0.29) is 0 Å². The number of nitrogens with zero attached hydrogens (tertiary/aromatic N) is 1. The Balaban J connectivity index is 1.75. The Morgan fingerprint density at radius 3 is 2.50 bits per heavy atom. The van der Waals surface area contributed by atoms with Gasteiger partial charge in [-0.05, 0) is 22.5 Å². The van der Waals surface area contributed by atoms with Crippen molar-refractivity contribution in [3.8, 4) is 22.8 Å². The molecular formula is C17H12NOP. The van der Waals surface area contributed by atoms with Crippen molar-refractivity contribution in [2.24, 2.45) is 0 Å². The lowest BCUT2D eigenvalue weighted by Crippen LogP contribution is -2.05. The number of hydrogen-bond acceptors (Lipinski definition) is 2. The summed E-state index contributed by atoms with van der Waals surface area (Å²) in [5, 5.41) is 2.57. The summed E-state index contributed by atoms with van der Waals surface area (Å²) in [7, 11) is 0.587. The maximum Gasteiger partial charge on any atom is 0.264 e. The monoisotopic (exact) mass is 277 g/mol. The van der Waals surface area contributed by atoms with E-state index in [1.54, 1.807) is 0 Å². The second-order valence-corrected chi connectivity index (χ2v) is 5.96. The third kappa shape index (κ3) is 2.09. The Morgan fingerprint density at radius 1 is 0.800 bits per heavy atom. The van der Waals surface area contributed by atoms with Crippen molar-refractivity contribution in [3.63, 3.8) is 0 Å². The van der Waals surface area contributed by atoms with Gasteiger partial charge >= 0.3 is 0 Å². The van der Waals surface area contributed by atoms with Crippen LogP contribution in [-0.4, -0.2) is 4.98 Å². The van der Waals surface area contributed by atoms with Crippen molar-refractivity contribution in [2.75, 3.05) is 0 Å². The van der Waals surface area contributed by atoms with Crippen LogP contribution in [-0.2, 0) is 0 Å². The highest BCUT2D eigenvalue weighted by molar-refractivity contribution is 7.56.